The van der Waals surface area contributed by atoms with Crippen LogP contribution in [-0.2, 0) is 0 Å². The molecule has 1 aliphatic heterocycles. The largest absolute Gasteiger partial charge is 0.342 e. The van der Waals surface area contributed by atoms with Gasteiger partial charge in [-0.1, -0.05) is 67.8 Å². The van der Waals surface area contributed by atoms with Crippen molar-refractivity contribution >= 4 is 17.4 Å². The number of rotatable bonds is 3. The fraction of sp³-hybridized carbons (Fsp3) is 0.462. The highest BCUT2D eigenvalue weighted by molar-refractivity contribution is 6.10. The quantitative estimate of drug-likeness (QED) is 0.623. The Bertz CT molecular complexity index is 909. The van der Waals surface area contributed by atoms with E-state index in [9.17, 15) is 4.79 Å². The van der Waals surface area contributed by atoms with Gasteiger partial charge in [-0.05, 0) is 56.1 Å². The zero-order chi connectivity index (χ0) is 20.3. The lowest BCUT2D eigenvalue weighted by Gasteiger charge is -2.34. The summed E-state index contributed by atoms with van der Waals surface area (Å²) in [6, 6.07) is 19.1. The van der Waals surface area contributed by atoms with Gasteiger partial charge in [0.05, 0.1) is 17.4 Å². The molecule has 0 atom stereocenters. The number of carbonyl (C=O) groups excluding carboxylic acids is 1. The molecule has 2 saturated carbocycles. The first-order valence-corrected chi connectivity index (χ1v) is 11.6. The van der Waals surface area contributed by atoms with E-state index in [1.165, 1.54) is 37.7 Å². The maximum atomic E-state index is 13.2. The maximum absolute atomic E-state index is 13.2. The predicted octanol–water partition coefficient (Wildman–Crippen LogP) is 6.54. The van der Waals surface area contributed by atoms with Crippen molar-refractivity contribution in [1.82, 2.24) is 5.01 Å². The Morgan fingerprint density at radius 2 is 1.47 bits per heavy atom. The predicted molar refractivity (Wildman–Crippen MR) is 122 cm³/mol. The number of para-hydroxylation sites is 1. The second-order valence-electron chi connectivity index (χ2n) is 9.06. The molecule has 0 radical (unpaired) electrons. The van der Waals surface area contributed by atoms with Crippen molar-refractivity contribution in [3.8, 4) is 0 Å². The number of hydrogen-bond donors (Lipinski definition) is 1. The number of nitrogens with zero attached hydrogens (tertiary/aromatic N) is 2. The van der Waals surface area contributed by atoms with Crippen LogP contribution in [0, 0.1) is 5.92 Å². The Labute approximate surface area is 179 Å². The van der Waals surface area contributed by atoms with E-state index in [0.29, 0.717) is 11.8 Å². The van der Waals surface area contributed by atoms with E-state index in [-0.39, 0.29) is 12.1 Å². The van der Waals surface area contributed by atoms with Gasteiger partial charge >= 0.3 is 6.03 Å². The smallest absolute Gasteiger partial charge is 0.306 e. The molecule has 4 nitrogen and oxygen atoms in total. The van der Waals surface area contributed by atoms with Crippen LogP contribution in [0.3, 0.4) is 0 Å². The summed E-state index contributed by atoms with van der Waals surface area (Å²) < 4.78 is 0. The molecular weight excluding hydrogens is 370 g/mol. The summed E-state index contributed by atoms with van der Waals surface area (Å²) >= 11 is 0. The van der Waals surface area contributed by atoms with E-state index in [1.54, 1.807) is 5.01 Å². The van der Waals surface area contributed by atoms with Crippen molar-refractivity contribution in [3.05, 3.63) is 65.7 Å². The van der Waals surface area contributed by atoms with Crippen molar-refractivity contribution < 1.29 is 4.79 Å². The van der Waals surface area contributed by atoms with E-state index in [4.69, 9.17) is 5.10 Å². The van der Waals surface area contributed by atoms with Crippen LogP contribution in [0.4, 0.5) is 10.5 Å². The van der Waals surface area contributed by atoms with E-state index in [0.717, 1.165) is 42.6 Å². The molecule has 2 amide bonds. The van der Waals surface area contributed by atoms with Gasteiger partial charge in [-0.2, -0.15) is 5.10 Å². The Balaban J connectivity index is 1.40. The van der Waals surface area contributed by atoms with Gasteiger partial charge in [0.25, 0.3) is 0 Å². The van der Waals surface area contributed by atoms with Crippen LogP contribution in [0.15, 0.2) is 59.7 Å². The van der Waals surface area contributed by atoms with E-state index < -0.39 is 0 Å². The van der Waals surface area contributed by atoms with Gasteiger partial charge in [0.15, 0.2) is 0 Å². The van der Waals surface area contributed by atoms with Gasteiger partial charge in [-0.25, -0.2) is 9.80 Å². The van der Waals surface area contributed by atoms with Crippen LogP contribution in [0.1, 0.15) is 74.8 Å². The molecular formula is C26H31N3O. The number of anilines is 1. The Morgan fingerprint density at radius 3 is 2.23 bits per heavy atom. The molecule has 3 aliphatic rings. The molecule has 4 heteroatoms. The fourth-order valence-electron chi connectivity index (χ4n) is 5.51. The second-order valence-corrected chi connectivity index (χ2v) is 9.06. The first kappa shape index (κ1) is 19.3. The number of fused-ring (bicyclic) bond motifs is 1. The molecule has 156 valence electrons. The van der Waals surface area contributed by atoms with Crippen molar-refractivity contribution in [2.45, 2.75) is 69.7 Å². The van der Waals surface area contributed by atoms with E-state index >= 15 is 0 Å². The number of urea groups is 1. The Morgan fingerprint density at radius 1 is 0.767 bits per heavy atom. The second kappa shape index (κ2) is 8.63. The van der Waals surface area contributed by atoms with Gasteiger partial charge in [0.2, 0.25) is 0 Å². The van der Waals surface area contributed by atoms with Crippen LogP contribution in [0.5, 0.6) is 0 Å². The number of benzene rings is 2. The fourth-order valence-corrected chi connectivity index (χ4v) is 5.51. The molecule has 1 N–H and O–H groups in total. The number of hydrazone groups is 1. The molecule has 0 saturated heterocycles. The normalized spacial score (nSPS) is 25.1. The van der Waals surface area contributed by atoms with E-state index in [1.807, 2.05) is 12.1 Å². The maximum Gasteiger partial charge on any atom is 0.342 e. The zero-order valence-electron chi connectivity index (χ0n) is 17.6. The topological polar surface area (TPSA) is 44.7 Å². The average molecular weight is 402 g/mol. The lowest BCUT2D eigenvalue weighted by molar-refractivity contribution is 0.166. The van der Waals surface area contributed by atoms with E-state index in [2.05, 4.69) is 47.8 Å². The number of carbonyl (C=O) groups is 1. The van der Waals surface area contributed by atoms with Gasteiger partial charge in [0.1, 0.15) is 0 Å². The molecule has 30 heavy (non-hydrogen) atoms. The highest BCUT2D eigenvalue weighted by Crippen LogP contribution is 2.37. The molecule has 2 fully saturated rings. The van der Waals surface area contributed by atoms with Crippen LogP contribution in [-0.4, -0.2) is 22.8 Å². The first-order chi connectivity index (χ1) is 14.8. The van der Waals surface area contributed by atoms with Gasteiger partial charge in [0, 0.05) is 11.5 Å². The summed E-state index contributed by atoms with van der Waals surface area (Å²) in [7, 11) is 0. The minimum Gasteiger partial charge on any atom is -0.306 e. The Kier molecular flexibility index (Phi) is 5.56. The summed E-state index contributed by atoms with van der Waals surface area (Å²) in [5.74, 6) is 1.05. The van der Waals surface area contributed by atoms with Crippen LogP contribution in [0.2, 0.25) is 0 Å². The number of nitrogens with one attached hydrogen (secondary N) is 1. The molecule has 0 aromatic heterocycles. The highest BCUT2D eigenvalue weighted by atomic mass is 16.2. The minimum absolute atomic E-state index is 0.0728. The molecule has 2 aliphatic carbocycles. The third kappa shape index (κ3) is 3.88. The summed E-state index contributed by atoms with van der Waals surface area (Å²) in [5.41, 5.74) is 4.56. The van der Waals surface area contributed by atoms with Crippen LogP contribution >= 0.6 is 0 Å². The molecule has 0 spiro atoms. The van der Waals surface area contributed by atoms with Crippen molar-refractivity contribution in [1.29, 1.82) is 0 Å². The van der Waals surface area contributed by atoms with Crippen LogP contribution in [0.25, 0.3) is 0 Å². The third-order valence-electron chi connectivity index (χ3n) is 7.17. The van der Waals surface area contributed by atoms with Crippen molar-refractivity contribution in [2.24, 2.45) is 11.0 Å². The van der Waals surface area contributed by atoms with Crippen LogP contribution < -0.4 is 5.32 Å². The molecule has 2 aromatic rings. The summed E-state index contributed by atoms with van der Waals surface area (Å²) in [6.07, 6.45) is 10.4. The lowest BCUT2D eigenvalue weighted by Crippen LogP contribution is -2.41. The summed E-state index contributed by atoms with van der Waals surface area (Å²) in [6.45, 7) is 0. The number of amides is 2. The SMILES string of the molecule is O=C1Nc2ccccc2C(C2CCCCC2)=NN1[C@H]1CC[C@@H](c2ccccc2)CC1. The molecule has 0 bridgehead atoms. The van der Waals surface area contributed by atoms with Gasteiger partial charge in [-0.3, -0.25) is 0 Å². The third-order valence-corrected chi connectivity index (χ3v) is 7.17. The Hall–Kier alpha value is -2.62. The monoisotopic (exact) mass is 401 g/mol. The molecule has 1 heterocycles. The molecule has 0 unspecified atom stereocenters. The molecule has 5 rings (SSSR count). The average Bonchev–Trinajstić information content (AvgIpc) is 2.96. The lowest BCUT2D eigenvalue weighted by atomic mass is 9.81. The van der Waals surface area contributed by atoms with Crippen molar-refractivity contribution in [3.63, 3.8) is 0 Å². The number of hydrogen-bond acceptors (Lipinski definition) is 2. The summed E-state index contributed by atoms with van der Waals surface area (Å²) in [4.78, 5) is 13.2. The first-order valence-electron chi connectivity index (χ1n) is 11.6. The highest BCUT2D eigenvalue weighted by Gasteiger charge is 2.34. The molecule has 2 aromatic carbocycles. The summed E-state index contributed by atoms with van der Waals surface area (Å²) in [5, 5.41) is 10.0. The van der Waals surface area contributed by atoms with Gasteiger partial charge in [-0.15, -0.1) is 0 Å². The zero-order valence-corrected chi connectivity index (χ0v) is 17.6. The van der Waals surface area contributed by atoms with Gasteiger partial charge < -0.3 is 5.32 Å². The minimum atomic E-state index is -0.0728. The van der Waals surface area contributed by atoms with Crippen molar-refractivity contribution in [2.75, 3.05) is 5.32 Å². The standard InChI is InChI=1S/C26H31N3O/c30-26-27-24-14-8-7-13-23(24)25(21-11-5-2-6-12-21)28-29(26)22-17-15-20(16-18-22)19-9-3-1-4-10-19/h1,3-4,7-10,13-14,20-22H,2,5-6,11-12,15-18H2,(H,27,30)/t20-,22+.